The zero-order valence-electron chi connectivity index (χ0n) is 16.2. The summed E-state index contributed by atoms with van der Waals surface area (Å²) in [5.41, 5.74) is 1.93. The van der Waals surface area contributed by atoms with Crippen LogP contribution in [0.15, 0.2) is 42.5 Å². The molecule has 0 bridgehead atoms. The summed E-state index contributed by atoms with van der Waals surface area (Å²) >= 11 is 0. The number of sulfonamides is 1. The van der Waals surface area contributed by atoms with Crippen molar-refractivity contribution in [1.82, 2.24) is 0 Å². The van der Waals surface area contributed by atoms with Crippen LogP contribution in [0.2, 0.25) is 0 Å². The first-order valence-electron chi connectivity index (χ1n) is 8.93. The van der Waals surface area contributed by atoms with Crippen LogP contribution in [0.4, 0.5) is 11.4 Å². The maximum atomic E-state index is 13.1. The van der Waals surface area contributed by atoms with E-state index < -0.39 is 10.0 Å². The van der Waals surface area contributed by atoms with E-state index in [4.69, 9.17) is 9.47 Å². The molecule has 0 aliphatic carbocycles. The highest BCUT2D eigenvalue weighted by molar-refractivity contribution is 7.92. The third kappa shape index (κ3) is 4.06. The molecule has 0 saturated heterocycles. The lowest BCUT2D eigenvalue weighted by molar-refractivity contribution is -0.118. The van der Waals surface area contributed by atoms with Gasteiger partial charge in [0.25, 0.3) is 0 Å². The van der Waals surface area contributed by atoms with Gasteiger partial charge >= 0.3 is 0 Å². The Bertz CT molecular complexity index is 974. The quantitative estimate of drug-likeness (QED) is 0.765. The van der Waals surface area contributed by atoms with Crippen molar-refractivity contribution < 1.29 is 22.7 Å². The Morgan fingerprint density at radius 2 is 1.68 bits per heavy atom. The Labute approximate surface area is 165 Å². The lowest BCUT2D eigenvalue weighted by atomic mass is 10.1. The molecular formula is C20H24N2O5S. The van der Waals surface area contributed by atoms with Gasteiger partial charge < -0.3 is 14.4 Å². The predicted octanol–water partition coefficient (Wildman–Crippen LogP) is 2.45. The second-order valence-corrected chi connectivity index (χ2v) is 8.50. The summed E-state index contributed by atoms with van der Waals surface area (Å²) in [6.45, 7) is 0.797. The van der Waals surface area contributed by atoms with Gasteiger partial charge in [-0.1, -0.05) is 18.2 Å². The minimum Gasteiger partial charge on any atom is -0.493 e. The van der Waals surface area contributed by atoms with Crippen LogP contribution in [0, 0.1) is 0 Å². The number of hydrogen-bond donors (Lipinski definition) is 0. The van der Waals surface area contributed by atoms with Crippen LogP contribution < -0.4 is 18.7 Å². The number of methoxy groups -OCH3 is 2. The van der Waals surface area contributed by atoms with Crippen molar-refractivity contribution in [2.24, 2.45) is 0 Å². The molecule has 2 aromatic rings. The molecular weight excluding hydrogens is 380 g/mol. The summed E-state index contributed by atoms with van der Waals surface area (Å²) in [4.78, 5) is 14.7. The number of nitrogens with zero attached hydrogens (tertiary/aromatic N) is 2. The van der Waals surface area contributed by atoms with Crippen LogP contribution in [0.1, 0.15) is 12.0 Å². The standard InChI is InChI=1S/C20H24N2O5S/c1-26-18-10-9-15(13-19(18)27-2)14-20(23)21-11-6-12-22(28(3,24)25)17-8-5-4-7-16(17)21/h4-5,7-10,13H,6,11-12,14H2,1-3H3. The van der Waals surface area contributed by atoms with E-state index >= 15 is 0 Å². The van der Waals surface area contributed by atoms with Gasteiger partial charge in [-0.05, 0) is 36.2 Å². The number of rotatable bonds is 5. The molecule has 0 atom stereocenters. The second-order valence-electron chi connectivity index (χ2n) is 6.59. The number of carbonyl (C=O) groups is 1. The van der Waals surface area contributed by atoms with Crippen LogP contribution in [0.5, 0.6) is 11.5 Å². The number of benzene rings is 2. The van der Waals surface area contributed by atoms with Gasteiger partial charge in [-0.25, -0.2) is 8.42 Å². The fourth-order valence-electron chi connectivity index (χ4n) is 3.38. The largest absolute Gasteiger partial charge is 0.493 e. The Hall–Kier alpha value is -2.74. The first-order valence-corrected chi connectivity index (χ1v) is 10.8. The summed E-state index contributed by atoms with van der Waals surface area (Å²) in [5, 5.41) is 0. The monoisotopic (exact) mass is 404 g/mol. The molecule has 1 aliphatic rings. The van der Waals surface area contributed by atoms with Crippen molar-refractivity contribution in [1.29, 1.82) is 0 Å². The molecule has 1 heterocycles. The van der Waals surface area contributed by atoms with Gasteiger partial charge in [-0.3, -0.25) is 9.10 Å². The maximum Gasteiger partial charge on any atom is 0.232 e. The van der Waals surface area contributed by atoms with E-state index in [9.17, 15) is 13.2 Å². The maximum absolute atomic E-state index is 13.1. The van der Waals surface area contributed by atoms with Gasteiger partial charge in [0, 0.05) is 13.1 Å². The van der Waals surface area contributed by atoms with Crippen LogP contribution in [0.3, 0.4) is 0 Å². The molecule has 2 aromatic carbocycles. The van der Waals surface area contributed by atoms with Crippen molar-refractivity contribution in [3.63, 3.8) is 0 Å². The molecule has 1 amide bonds. The smallest absolute Gasteiger partial charge is 0.232 e. The molecule has 0 spiro atoms. The van der Waals surface area contributed by atoms with Crippen LogP contribution in [0.25, 0.3) is 0 Å². The fourth-order valence-corrected chi connectivity index (χ4v) is 4.35. The molecule has 1 aliphatic heterocycles. The normalized spacial score (nSPS) is 14.2. The first-order chi connectivity index (χ1) is 13.3. The lowest BCUT2D eigenvalue weighted by Crippen LogP contribution is -2.32. The number of para-hydroxylation sites is 2. The summed E-state index contributed by atoms with van der Waals surface area (Å²) in [7, 11) is -0.313. The van der Waals surface area contributed by atoms with E-state index in [2.05, 4.69) is 0 Å². The molecule has 0 fully saturated rings. The summed E-state index contributed by atoms with van der Waals surface area (Å²) in [6.07, 6.45) is 1.91. The molecule has 0 N–H and O–H groups in total. The van der Waals surface area contributed by atoms with Crippen molar-refractivity contribution in [3.05, 3.63) is 48.0 Å². The van der Waals surface area contributed by atoms with E-state index in [1.807, 2.05) is 6.07 Å². The lowest BCUT2D eigenvalue weighted by Gasteiger charge is -2.25. The molecule has 28 heavy (non-hydrogen) atoms. The van der Waals surface area contributed by atoms with E-state index in [1.54, 1.807) is 55.5 Å². The molecule has 3 rings (SSSR count). The van der Waals surface area contributed by atoms with E-state index in [-0.39, 0.29) is 12.3 Å². The van der Waals surface area contributed by atoms with Gasteiger partial charge in [-0.2, -0.15) is 0 Å². The van der Waals surface area contributed by atoms with Gasteiger partial charge in [0.15, 0.2) is 11.5 Å². The number of fused-ring (bicyclic) bond motifs is 1. The molecule has 150 valence electrons. The third-order valence-corrected chi connectivity index (χ3v) is 5.87. The molecule has 0 saturated carbocycles. The SMILES string of the molecule is COc1ccc(CC(=O)N2CCCN(S(C)(=O)=O)c3ccccc32)cc1OC. The third-order valence-electron chi connectivity index (χ3n) is 4.69. The molecule has 0 radical (unpaired) electrons. The van der Waals surface area contributed by atoms with Crippen molar-refractivity contribution in [2.45, 2.75) is 12.8 Å². The number of hydrogen-bond acceptors (Lipinski definition) is 5. The number of carbonyl (C=O) groups excluding carboxylic acids is 1. The number of anilines is 2. The summed E-state index contributed by atoms with van der Waals surface area (Å²) in [6, 6.07) is 12.5. The minimum atomic E-state index is -3.42. The van der Waals surface area contributed by atoms with Crippen molar-refractivity contribution >= 4 is 27.3 Å². The zero-order valence-corrected chi connectivity index (χ0v) is 17.0. The fraction of sp³-hybridized carbons (Fsp3) is 0.350. The minimum absolute atomic E-state index is 0.102. The highest BCUT2D eigenvalue weighted by Crippen LogP contribution is 2.34. The van der Waals surface area contributed by atoms with Crippen LogP contribution in [-0.2, 0) is 21.2 Å². The van der Waals surface area contributed by atoms with Gasteiger partial charge in [0.05, 0.1) is 38.3 Å². The van der Waals surface area contributed by atoms with E-state index in [1.165, 1.54) is 10.6 Å². The zero-order chi connectivity index (χ0) is 20.3. The van der Waals surface area contributed by atoms with Crippen LogP contribution in [-0.4, -0.2) is 47.9 Å². The van der Waals surface area contributed by atoms with Gasteiger partial charge in [0.1, 0.15) is 0 Å². The number of ether oxygens (including phenoxy) is 2. The van der Waals surface area contributed by atoms with E-state index in [0.717, 1.165) is 5.56 Å². The molecule has 0 aromatic heterocycles. The van der Waals surface area contributed by atoms with E-state index in [0.29, 0.717) is 42.4 Å². The Balaban J connectivity index is 1.91. The summed E-state index contributed by atoms with van der Waals surface area (Å²) in [5.74, 6) is 1.06. The first kappa shape index (κ1) is 20.0. The van der Waals surface area contributed by atoms with Gasteiger partial charge in [-0.15, -0.1) is 0 Å². The average molecular weight is 404 g/mol. The Morgan fingerprint density at radius 1 is 1.00 bits per heavy atom. The highest BCUT2D eigenvalue weighted by Gasteiger charge is 2.28. The van der Waals surface area contributed by atoms with Crippen molar-refractivity contribution in [2.75, 3.05) is 42.8 Å². The summed E-state index contributed by atoms with van der Waals surface area (Å²) < 4.78 is 36.3. The van der Waals surface area contributed by atoms with Crippen LogP contribution >= 0.6 is 0 Å². The molecule has 7 nitrogen and oxygen atoms in total. The Morgan fingerprint density at radius 3 is 2.32 bits per heavy atom. The second kappa shape index (κ2) is 8.10. The molecule has 8 heteroatoms. The Kier molecular flexibility index (Phi) is 5.79. The number of amides is 1. The molecule has 0 unspecified atom stereocenters. The topological polar surface area (TPSA) is 76.2 Å². The predicted molar refractivity (Wildman–Crippen MR) is 109 cm³/mol. The average Bonchev–Trinajstić information content (AvgIpc) is 2.87. The highest BCUT2D eigenvalue weighted by atomic mass is 32.2. The van der Waals surface area contributed by atoms with Crippen molar-refractivity contribution in [3.8, 4) is 11.5 Å². The van der Waals surface area contributed by atoms with Gasteiger partial charge in [0.2, 0.25) is 15.9 Å².